The van der Waals surface area contributed by atoms with E-state index < -0.39 is 0 Å². The smallest absolute Gasteiger partial charge is 0.251 e. The molecule has 2 atom stereocenters. The highest BCUT2D eigenvalue weighted by atomic mass is 16.7. The molecule has 0 aliphatic carbocycles. The number of amides is 2. The van der Waals surface area contributed by atoms with Gasteiger partial charge in [-0.1, -0.05) is 19.1 Å². The molecule has 186 valence electrons. The first kappa shape index (κ1) is 23.7. The third-order valence-electron chi connectivity index (χ3n) is 7.66. The van der Waals surface area contributed by atoms with Crippen LogP contribution in [0, 0.1) is 19.8 Å². The Bertz CT molecular complexity index is 1130. The minimum atomic E-state index is -0.126. The summed E-state index contributed by atoms with van der Waals surface area (Å²) in [5, 5.41) is 3.00. The normalized spacial score (nSPS) is 21.5. The van der Waals surface area contributed by atoms with Gasteiger partial charge in [-0.05, 0) is 79.6 Å². The summed E-state index contributed by atoms with van der Waals surface area (Å²) in [4.78, 5) is 30.4. The Morgan fingerprint density at radius 3 is 2.71 bits per heavy atom. The Kier molecular flexibility index (Phi) is 6.69. The molecule has 0 saturated carbocycles. The number of nitrogens with one attached hydrogen (secondary N) is 1. The monoisotopic (exact) mass is 477 g/mol. The Hall–Kier alpha value is -3.06. The molecule has 7 nitrogen and oxygen atoms in total. The van der Waals surface area contributed by atoms with E-state index in [4.69, 9.17) is 9.47 Å². The molecule has 0 aromatic heterocycles. The fourth-order valence-electron chi connectivity index (χ4n) is 5.55. The van der Waals surface area contributed by atoms with Gasteiger partial charge in [-0.25, -0.2) is 0 Å². The first-order valence-corrected chi connectivity index (χ1v) is 12.7. The van der Waals surface area contributed by atoms with Gasteiger partial charge >= 0.3 is 0 Å². The van der Waals surface area contributed by atoms with Crippen molar-refractivity contribution in [1.82, 2.24) is 15.1 Å². The summed E-state index contributed by atoms with van der Waals surface area (Å²) < 4.78 is 10.7. The van der Waals surface area contributed by atoms with E-state index in [0.29, 0.717) is 36.1 Å². The summed E-state index contributed by atoms with van der Waals surface area (Å²) in [6.07, 6.45) is 1.94. The molecular weight excluding hydrogens is 442 g/mol. The zero-order valence-electron chi connectivity index (χ0n) is 20.9. The molecule has 3 aliphatic rings. The number of carbonyl (C=O) groups is 2. The van der Waals surface area contributed by atoms with E-state index in [1.165, 1.54) is 22.3 Å². The molecule has 0 spiro atoms. The van der Waals surface area contributed by atoms with E-state index in [9.17, 15) is 9.59 Å². The van der Waals surface area contributed by atoms with Crippen molar-refractivity contribution in [3.8, 4) is 11.5 Å². The minimum absolute atomic E-state index is 0.0219. The summed E-state index contributed by atoms with van der Waals surface area (Å²) in [5.74, 6) is 1.80. The van der Waals surface area contributed by atoms with Crippen LogP contribution in [0.2, 0.25) is 0 Å². The predicted octanol–water partition coefficient (Wildman–Crippen LogP) is 3.62. The first-order chi connectivity index (χ1) is 16.9. The number of aryl methyl sites for hydroxylation is 2. The summed E-state index contributed by atoms with van der Waals surface area (Å²) >= 11 is 0. The van der Waals surface area contributed by atoms with Crippen LogP contribution in [0.15, 0.2) is 30.3 Å². The molecule has 5 rings (SSSR count). The lowest BCUT2D eigenvalue weighted by Crippen LogP contribution is -2.48. The fourth-order valence-corrected chi connectivity index (χ4v) is 5.55. The van der Waals surface area contributed by atoms with Crippen LogP contribution in [0.1, 0.15) is 58.3 Å². The number of rotatable bonds is 5. The Balaban J connectivity index is 1.14. The van der Waals surface area contributed by atoms with Gasteiger partial charge in [-0.2, -0.15) is 0 Å². The lowest BCUT2D eigenvalue weighted by molar-refractivity contribution is -0.138. The highest BCUT2D eigenvalue weighted by Crippen LogP contribution is 2.33. The topological polar surface area (TPSA) is 71.1 Å². The molecule has 2 amide bonds. The van der Waals surface area contributed by atoms with Gasteiger partial charge in [0.1, 0.15) is 0 Å². The highest BCUT2D eigenvalue weighted by Gasteiger charge is 2.33. The van der Waals surface area contributed by atoms with E-state index >= 15 is 0 Å². The molecule has 2 aromatic rings. The second kappa shape index (κ2) is 9.90. The van der Waals surface area contributed by atoms with Crippen molar-refractivity contribution in [2.75, 3.05) is 39.5 Å². The van der Waals surface area contributed by atoms with Crippen molar-refractivity contribution in [2.24, 2.45) is 5.92 Å². The van der Waals surface area contributed by atoms with Crippen LogP contribution in [-0.2, 0) is 11.3 Å². The fraction of sp³-hybridized carbons (Fsp3) is 0.500. The van der Waals surface area contributed by atoms with Gasteiger partial charge in [0, 0.05) is 38.3 Å². The molecule has 3 heterocycles. The number of fused-ring (bicyclic) bond motifs is 2. The van der Waals surface area contributed by atoms with Gasteiger partial charge < -0.3 is 24.6 Å². The maximum Gasteiger partial charge on any atom is 0.251 e. The number of ether oxygens (including phenoxy) is 2. The zero-order valence-corrected chi connectivity index (χ0v) is 20.9. The summed E-state index contributed by atoms with van der Waals surface area (Å²) in [7, 11) is 0. The molecule has 7 heteroatoms. The number of nitrogens with zero attached hydrogens (tertiary/aromatic N) is 2. The van der Waals surface area contributed by atoms with E-state index in [1.54, 1.807) is 18.2 Å². The highest BCUT2D eigenvalue weighted by molar-refractivity contribution is 5.94. The first-order valence-electron chi connectivity index (χ1n) is 12.7. The average Bonchev–Trinajstić information content (AvgIpc) is 3.33. The van der Waals surface area contributed by atoms with Gasteiger partial charge in [0.15, 0.2) is 11.5 Å². The lowest BCUT2D eigenvalue weighted by atomic mass is 9.87. The number of piperidine rings is 1. The van der Waals surface area contributed by atoms with Gasteiger partial charge in [0.25, 0.3) is 5.91 Å². The number of carbonyl (C=O) groups excluding carboxylic acids is 2. The molecular formula is C28H35N3O4. The quantitative estimate of drug-likeness (QED) is 0.712. The second-order valence-corrected chi connectivity index (χ2v) is 10.2. The van der Waals surface area contributed by atoms with E-state index in [-0.39, 0.29) is 24.5 Å². The Morgan fingerprint density at radius 2 is 1.86 bits per heavy atom. The van der Waals surface area contributed by atoms with Crippen LogP contribution < -0.4 is 14.8 Å². The van der Waals surface area contributed by atoms with Crippen LogP contribution in [0.4, 0.5) is 0 Å². The minimum Gasteiger partial charge on any atom is -0.454 e. The number of benzene rings is 2. The number of hydrogen-bond acceptors (Lipinski definition) is 5. The third-order valence-corrected chi connectivity index (χ3v) is 7.66. The Labute approximate surface area is 207 Å². The van der Waals surface area contributed by atoms with E-state index in [2.05, 4.69) is 48.0 Å². The largest absolute Gasteiger partial charge is 0.454 e. The summed E-state index contributed by atoms with van der Waals surface area (Å²) in [5.41, 5.74) is 5.85. The van der Waals surface area contributed by atoms with Crippen LogP contribution in [-0.4, -0.2) is 61.1 Å². The van der Waals surface area contributed by atoms with Gasteiger partial charge in [0.2, 0.25) is 12.7 Å². The molecule has 1 N–H and O–H groups in total. The van der Waals surface area contributed by atoms with Gasteiger partial charge in [-0.3, -0.25) is 9.59 Å². The SMILES string of the molecule is Cc1cc2c(cc1C)C(C)CN(C(=O)C1CCCN(CCNC(=O)c3ccc4c(c3)OCO4)C1)C2. The maximum absolute atomic E-state index is 13.5. The molecule has 2 unspecified atom stereocenters. The molecule has 1 fully saturated rings. The van der Waals surface area contributed by atoms with Crippen LogP contribution in [0.25, 0.3) is 0 Å². The average molecular weight is 478 g/mol. The lowest BCUT2D eigenvalue weighted by Gasteiger charge is -2.38. The number of likely N-dealkylation sites (tertiary alicyclic amines) is 1. The van der Waals surface area contributed by atoms with Crippen LogP contribution in [0.3, 0.4) is 0 Å². The van der Waals surface area contributed by atoms with Crippen molar-refractivity contribution in [3.05, 3.63) is 58.1 Å². The standard InChI is InChI=1S/C28H35N3O4/c1-18-11-23-16-31(14-20(3)24(23)12-19(18)2)28(33)22-5-4-9-30(15-22)10-8-29-27(32)21-6-7-25-26(13-21)35-17-34-25/h6-7,11-13,20,22H,4-5,8-10,14-17H2,1-3H3,(H,29,32). The van der Waals surface area contributed by atoms with Crippen molar-refractivity contribution in [2.45, 2.75) is 46.1 Å². The van der Waals surface area contributed by atoms with Crippen molar-refractivity contribution < 1.29 is 19.1 Å². The van der Waals surface area contributed by atoms with Crippen molar-refractivity contribution in [3.63, 3.8) is 0 Å². The van der Waals surface area contributed by atoms with Crippen molar-refractivity contribution in [1.29, 1.82) is 0 Å². The van der Waals surface area contributed by atoms with Gasteiger partial charge in [-0.15, -0.1) is 0 Å². The summed E-state index contributed by atoms with van der Waals surface area (Å²) in [6.45, 7) is 11.2. The molecule has 0 radical (unpaired) electrons. The van der Waals surface area contributed by atoms with E-state index in [1.807, 2.05) is 0 Å². The summed E-state index contributed by atoms with van der Waals surface area (Å²) in [6, 6.07) is 9.79. The zero-order chi connectivity index (χ0) is 24.5. The van der Waals surface area contributed by atoms with Crippen LogP contribution >= 0.6 is 0 Å². The third kappa shape index (κ3) is 5.01. The molecule has 35 heavy (non-hydrogen) atoms. The van der Waals surface area contributed by atoms with E-state index in [0.717, 1.165) is 39.0 Å². The molecule has 0 bridgehead atoms. The molecule has 3 aliphatic heterocycles. The number of hydrogen-bond donors (Lipinski definition) is 1. The maximum atomic E-state index is 13.5. The Morgan fingerprint density at radius 1 is 1.06 bits per heavy atom. The van der Waals surface area contributed by atoms with Crippen molar-refractivity contribution >= 4 is 11.8 Å². The molecule has 1 saturated heterocycles. The van der Waals surface area contributed by atoms with Gasteiger partial charge in [0.05, 0.1) is 5.92 Å². The second-order valence-electron chi connectivity index (χ2n) is 10.2. The predicted molar refractivity (Wildman–Crippen MR) is 134 cm³/mol. The van der Waals surface area contributed by atoms with Crippen LogP contribution in [0.5, 0.6) is 11.5 Å². The molecule has 2 aromatic carbocycles.